The van der Waals surface area contributed by atoms with Crippen LogP contribution in [0.15, 0.2) is 122 Å². The van der Waals surface area contributed by atoms with Crippen molar-refractivity contribution < 1.29 is 57.1 Å². The van der Waals surface area contributed by atoms with Crippen LogP contribution in [0.4, 0.5) is 0 Å². The zero-order valence-corrected chi connectivity index (χ0v) is 42.2. The fourth-order valence-corrected chi connectivity index (χ4v) is 8.18. The highest BCUT2D eigenvalue weighted by Crippen LogP contribution is 2.26. The molecule has 72 heavy (non-hydrogen) atoms. The van der Waals surface area contributed by atoms with E-state index in [1.54, 1.807) is 24.3 Å². The number of ether oxygens (including phenoxy) is 8. The summed E-state index contributed by atoms with van der Waals surface area (Å²) in [4.78, 5) is 48.5. The van der Waals surface area contributed by atoms with Crippen molar-refractivity contribution in [3.8, 4) is 33.8 Å². The topological polar surface area (TPSA) is 142 Å². The van der Waals surface area contributed by atoms with Crippen molar-refractivity contribution >= 4 is 23.9 Å². The molecule has 4 aromatic carbocycles. The molecule has 0 spiro atoms. The number of hydrogen-bond donors (Lipinski definition) is 0. The smallest absolute Gasteiger partial charge is 0.340 e. The van der Waals surface area contributed by atoms with Gasteiger partial charge in [-0.2, -0.15) is 0 Å². The Balaban J connectivity index is 0.927. The standard InChI is InChI=1S/C60H76O12/c1-3-55(61)67-43-23-19-15-11-7-5-9-13-17-21-41-65-53-37-33-49(34-38-53)47-25-29-51(30-26-47)57(63)71-59-60(70-46-45-69-59)72-58(64)52-31-27-48(28-32-52)50-35-39-54(40-36-50)66-42-22-18-14-10-6-8-12-16-20-24-44-68-56(62)4-2/h3-4,25-40,59-60H,1-2,5-24,41-46H2. The van der Waals surface area contributed by atoms with Crippen molar-refractivity contribution in [1.29, 1.82) is 0 Å². The van der Waals surface area contributed by atoms with Gasteiger partial charge in [-0.3, -0.25) is 0 Å². The molecule has 2 unspecified atom stereocenters. The lowest BCUT2D eigenvalue weighted by atomic mass is 10.0. The summed E-state index contributed by atoms with van der Waals surface area (Å²) in [7, 11) is 0. The molecule has 0 N–H and O–H groups in total. The Kier molecular flexibility index (Phi) is 26.9. The van der Waals surface area contributed by atoms with E-state index in [1.807, 2.05) is 72.8 Å². The van der Waals surface area contributed by atoms with Crippen molar-refractivity contribution in [2.45, 2.75) is 141 Å². The van der Waals surface area contributed by atoms with E-state index < -0.39 is 24.5 Å². The van der Waals surface area contributed by atoms with Gasteiger partial charge < -0.3 is 37.9 Å². The van der Waals surface area contributed by atoms with Gasteiger partial charge in [-0.1, -0.05) is 164 Å². The summed E-state index contributed by atoms with van der Waals surface area (Å²) in [5.74, 6) is -0.315. The van der Waals surface area contributed by atoms with Crippen LogP contribution in [-0.4, -0.2) is 76.1 Å². The summed E-state index contributed by atoms with van der Waals surface area (Å²) in [6.45, 7) is 9.46. The van der Waals surface area contributed by atoms with Crippen LogP contribution in [0.5, 0.6) is 11.5 Å². The molecule has 388 valence electrons. The largest absolute Gasteiger partial charge is 0.494 e. The highest BCUT2D eigenvalue weighted by atomic mass is 16.8. The Morgan fingerprint density at radius 1 is 0.389 bits per heavy atom. The van der Waals surface area contributed by atoms with Crippen molar-refractivity contribution in [2.75, 3.05) is 39.6 Å². The van der Waals surface area contributed by atoms with Gasteiger partial charge in [0, 0.05) is 12.2 Å². The molecule has 1 aliphatic rings. The van der Waals surface area contributed by atoms with Crippen molar-refractivity contribution in [1.82, 2.24) is 0 Å². The van der Waals surface area contributed by atoms with Gasteiger partial charge in [0.1, 0.15) is 11.5 Å². The van der Waals surface area contributed by atoms with E-state index in [1.165, 1.54) is 89.2 Å². The first-order valence-corrected chi connectivity index (χ1v) is 26.2. The van der Waals surface area contributed by atoms with E-state index >= 15 is 0 Å². The molecule has 1 saturated heterocycles. The minimum atomic E-state index is -1.24. The predicted molar refractivity (Wildman–Crippen MR) is 280 cm³/mol. The van der Waals surface area contributed by atoms with Gasteiger partial charge in [-0.25, -0.2) is 19.2 Å². The quantitative estimate of drug-likeness (QED) is 0.0185. The first kappa shape index (κ1) is 56.7. The number of rotatable bonds is 36. The van der Waals surface area contributed by atoms with Crippen LogP contribution < -0.4 is 9.47 Å². The van der Waals surface area contributed by atoms with Gasteiger partial charge in [-0.05, 0) is 96.5 Å². The summed E-state index contributed by atoms with van der Waals surface area (Å²) in [6, 6.07) is 30.0. The van der Waals surface area contributed by atoms with Crippen molar-refractivity contribution in [3.63, 3.8) is 0 Å². The van der Waals surface area contributed by atoms with E-state index in [0.29, 0.717) is 37.6 Å². The third-order valence-corrected chi connectivity index (χ3v) is 12.4. The molecule has 0 amide bonds. The molecule has 12 heteroatoms. The Bertz CT molecular complexity index is 2030. The van der Waals surface area contributed by atoms with Crippen LogP contribution >= 0.6 is 0 Å². The predicted octanol–water partition coefficient (Wildman–Crippen LogP) is 13.8. The van der Waals surface area contributed by atoms with Gasteiger partial charge in [0.25, 0.3) is 12.6 Å². The van der Waals surface area contributed by atoms with E-state index in [0.717, 1.165) is 85.1 Å². The Labute approximate surface area is 427 Å². The number of benzene rings is 4. The Morgan fingerprint density at radius 2 is 0.653 bits per heavy atom. The van der Waals surface area contributed by atoms with E-state index in [-0.39, 0.29) is 25.2 Å². The summed E-state index contributed by atoms with van der Waals surface area (Å²) in [6.07, 6.45) is 22.9. The first-order chi connectivity index (χ1) is 35.3. The summed E-state index contributed by atoms with van der Waals surface area (Å²) >= 11 is 0. The molecule has 0 bridgehead atoms. The maximum atomic E-state index is 13.2. The van der Waals surface area contributed by atoms with Gasteiger partial charge >= 0.3 is 23.9 Å². The SMILES string of the molecule is C=CC(=O)OCCCCCCCCCCCCOc1ccc(-c2ccc(C(=O)OC3OCCOC3OC(=O)c3ccc(-c4ccc(OCCCCCCCCCCCCOC(=O)C=C)cc4)cc3)cc2)cc1. The van der Waals surface area contributed by atoms with Gasteiger partial charge in [-0.15, -0.1) is 0 Å². The second-order valence-electron chi connectivity index (χ2n) is 18.0. The highest BCUT2D eigenvalue weighted by Gasteiger charge is 2.34. The van der Waals surface area contributed by atoms with E-state index in [4.69, 9.17) is 37.9 Å². The minimum absolute atomic E-state index is 0.175. The minimum Gasteiger partial charge on any atom is -0.494 e. The Morgan fingerprint density at radius 3 is 0.944 bits per heavy atom. The number of unbranched alkanes of at least 4 members (excludes halogenated alkanes) is 18. The summed E-state index contributed by atoms with van der Waals surface area (Å²) in [5.41, 5.74) is 4.47. The molecule has 1 heterocycles. The number of carbonyl (C=O) groups excluding carboxylic acids is 4. The molecular formula is C60H76O12. The zero-order valence-electron chi connectivity index (χ0n) is 42.2. The van der Waals surface area contributed by atoms with Crippen molar-refractivity contribution in [3.05, 3.63) is 133 Å². The van der Waals surface area contributed by atoms with Crippen LogP contribution in [0, 0.1) is 0 Å². The van der Waals surface area contributed by atoms with Crippen LogP contribution in [0.25, 0.3) is 22.3 Å². The van der Waals surface area contributed by atoms with Crippen LogP contribution in [0.2, 0.25) is 0 Å². The molecule has 12 nitrogen and oxygen atoms in total. The number of carbonyl (C=O) groups is 4. The average molecular weight is 989 g/mol. The lowest BCUT2D eigenvalue weighted by molar-refractivity contribution is -0.288. The fourth-order valence-electron chi connectivity index (χ4n) is 8.18. The van der Waals surface area contributed by atoms with E-state index in [9.17, 15) is 19.2 Å². The normalized spacial score (nSPS) is 14.2. The summed E-state index contributed by atoms with van der Waals surface area (Å²) in [5, 5.41) is 0. The number of hydrogen-bond acceptors (Lipinski definition) is 12. The van der Waals surface area contributed by atoms with Gasteiger partial charge in [0.2, 0.25) is 0 Å². The van der Waals surface area contributed by atoms with E-state index in [2.05, 4.69) is 13.2 Å². The molecule has 4 aromatic rings. The average Bonchev–Trinajstić information content (AvgIpc) is 3.41. The molecule has 1 aliphatic heterocycles. The first-order valence-electron chi connectivity index (χ1n) is 26.2. The second-order valence-corrected chi connectivity index (χ2v) is 18.0. The third kappa shape index (κ3) is 22.0. The van der Waals surface area contributed by atoms with Crippen LogP contribution in [0.3, 0.4) is 0 Å². The molecule has 5 rings (SSSR count). The molecule has 0 radical (unpaired) electrons. The molecule has 0 saturated carbocycles. The van der Waals surface area contributed by atoms with Crippen LogP contribution in [-0.2, 0) is 38.0 Å². The molecule has 2 atom stereocenters. The Hall–Kier alpha value is -6.24. The van der Waals surface area contributed by atoms with Gasteiger partial charge in [0.15, 0.2) is 0 Å². The van der Waals surface area contributed by atoms with Gasteiger partial charge in [0.05, 0.1) is 50.8 Å². The maximum absolute atomic E-state index is 13.2. The third-order valence-electron chi connectivity index (χ3n) is 12.4. The second kappa shape index (κ2) is 34.2. The maximum Gasteiger partial charge on any atom is 0.340 e. The lowest BCUT2D eigenvalue weighted by Crippen LogP contribution is -2.44. The molecule has 0 aliphatic carbocycles. The zero-order chi connectivity index (χ0) is 50.9. The molecule has 0 aromatic heterocycles. The fraction of sp³-hybridized carbons (Fsp3) is 0.467. The molecular weight excluding hydrogens is 913 g/mol. The van der Waals surface area contributed by atoms with Crippen LogP contribution in [0.1, 0.15) is 149 Å². The molecule has 1 fully saturated rings. The monoisotopic (exact) mass is 989 g/mol. The summed E-state index contributed by atoms with van der Waals surface area (Å²) < 4.78 is 44.6. The number of esters is 4. The van der Waals surface area contributed by atoms with Crippen molar-refractivity contribution in [2.24, 2.45) is 0 Å². The highest BCUT2D eigenvalue weighted by molar-refractivity contribution is 5.91. The lowest BCUT2D eigenvalue weighted by Gasteiger charge is -2.30.